The van der Waals surface area contributed by atoms with E-state index >= 15 is 0 Å². The van der Waals surface area contributed by atoms with Crippen molar-refractivity contribution >= 4 is 17.6 Å². The number of carbonyl (C=O) groups is 2. The highest BCUT2D eigenvalue weighted by Crippen LogP contribution is 2.12. The second kappa shape index (κ2) is 5.56. The fourth-order valence-corrected chi connectivity index (χ4v) is 1.83. The van der Waals surface area contributed by atoms with Gasteiger partial charge in [0.25, 0.3) is 5.91 Å². The van der Waals surface area contributed by atoms with Gasteiger partial charge in [-0.15, -0.1) is 0 Å². The smallest absolute Gasteiger partial charge is 0.337 e. The monoisotopic (exact) mass is 273 g/mol. The van der Waals surface area contributed by atoms with Crippen molar-refractivity contribution < 1.29 is 14.3 Å². The molecule has 0 atom stereocenters. The second-order valence-electron chi connectivity index (χ2n) is 4.32. The molecule has 6 heteroatoms. The van der Waals surface area contributed by atoms with E-state index in [0.29, 0.717) is 16.9 Å². The van der Waals surface area contributed by atoms with E-state index in [1.807, 2.05) is 6.92 Å². The van der Waals surface area contributed by atoms with Crippen LogP contribution >= 0.6 is 0 Å². The van der Waals surface area contributed by atoms with Crippen LogP contribution in [0.1, 0.15) is 26.5 Å². The van der Waals surface area contributed by atoms with Gasteiger partial charge in [0, 0.05) is 12.7 Å². The summed E-state index contributed by atoms with van der Waals surface area (Å²) in [7, 11) is 3.03. The fourth-order valence-electron chi connectivity index (χ4n) is 1.83. The molecular weight excluding hydrogens is 258 g/mol. The van der Waals surface area contributed by atoms with Crippen molar-refractivity contribution in [3.63, 3.8) is 0 Å². The maximum absolute atomic E-state index is 12.1. The molecule has 1 aromatic carbocycles. The molecule has 2 aromatic rings. The Balaban J connectivity index is 2.12. The van der Waals surface area contributed by atoms with Crippen LogP contribution in [0.25, 0.3) is 0 Å². The fraction of sp³-hybridized carbons (Fsp3) is 0.214. The lowest BCUT2D eigenvalue weighted by Gasteiger charge is -2.06. The van der Waals surface area contributed by atoms with Crippen molar-refractivity contribution in [2.45, 2.75) is 6.92 Å². The summed E-state index contributed by atoms with van der Waals surface area (Å²) in [5, 5.41) is 6.86. The summed E-state index contributed by atoms with van der Waals surface area (Å²) in [6, 6.07) is 8.19. The largest absolute Gasteiger partial charge is 0.465 e. The summed E-state index contributed by atoms with van der Waals surface area (Å²) in [5.74, 6) is -0.663. The molecule has 0 aliphatic heterocycles. The topological polar surface area (TPSA) is 73.2 Å². The molecule has 1 amide bonds. The third-order valence-corrected chi connectivity index (χ3v) is 2.80. The van der Waals surface area contributed by atoms with Gasteiger partial charge in [-0.1, -0.05) is 0 Å². The molecule has 0 aliphatic carbocycles. The Morgan fingerprint density at radius 3 is 2.40 bits per heavy atom. The van der Waals surface area contributed by atoms with Crippen LogP contribution in [0.3, 0.4) is 0 Å². The highest BCUT2D eigenvalue weighted by molar-refractivity contribution is 6.03. The van der Waals surface area contributed by atoms with E-state index < -0.39 is 5.97 Å². The van der Waals surface area contributed by atoms with Gasteiger partial charge in [0.05, 0.1) is 18.4 Å². The number of esters is 1. The van der Waals surface area contributed by atoms with E-state index in [2.05, 4.69) is 15.2 Å². The number of aromatic nitrogens is 2. The lowest BCUT2D eigenvalue weighted by atomic mass is 10.2. The highest BCUT2D eigenvalue weighted by atomic mass is 16.5. The predicted molar refractivity (Wildman–Crippen MR) is 73.7 cm³/mol. The van der Waals surface area contributed by atoms with E-state index in [4.69, 9.17) is 0 Å². The zero-order valence-electron chi connectivity index (χ0n) is 11.5. The third-order valence-electron chi connectivity index (χ3n) is 2.80. The van der Waals surface area contributed by atoms with Crippen LogP contribution in [0, 0.1) is 6.92 Å². The first-order chi connectivity index (χ1) is 9.51. The number of nitrogens with one attached hydrogen (secondary N) is 1. The van der Waals surface area contributed by atoms with Crippen molar-refractivity contribution in [2.75, 3.05) is 12.4 Å². The molecule has 0 radical (unpaired) electrons. The lowest BCUT2D eigenvalue weighted by molar-refractivity contribution is 0.0600. The summed E-state index contributed by atoms with van der Waals surface area (Å²) < 4.78 is 6.13. The van der Waals surface area contributed by atoms with E-state index in [-0.39, 0.29) is 5.91 Å². The number of nitrogens with zero attached hydrogens (tertiary/aromatic N) is 2. The molecule has 1 N–H and O–H groups in total. The minimum atomic E-state index is -0.412. The van der Waals surface area contributed by atoms with Gasteiger partial charge in [-0.3, -0.25) is 9.48 Å². The Morgan fingerprint density at radius 2 is 1.90 bits per heavy atom. The van der Waals surface area contributed by atoms with Crippen LogP contribution in [0.5, 0.6) is 0 Å². The number of hydrogen-bond donors (Lipinski definition) is 1. The minimum absolute atomic E-state index is 0.251. The predicted octanol–water partition coefficient (Wildman–Crippen LogP) is 1.77. The summed E-state index contributed by atoms with van der Waals surface area (Å²) in [6.45, 7) is 1.82. The quantitative estimate of drug-likeness (QED) is 0.865. The van der Waals surface area contributed by atoms with Crippen molar-refractivity contribution in [3.8, 4) is 0 Å². The zero-order valence-corrected chi connectivity index (χ0v) is 11.5. The Bertz CT molecular complexity index is 644. The Kier molecular flexibility index (Phi) is 3.84. The molecule has 104 valence electrons. The van der Waals surface area contributed by atoms with Gasteiger partial charge in [0.2, 0.25) is 0 Å². The first-order valence-corrected chi connectivity index (χ1v) is 6.01. The van der Waals surface area contributed by atoms with Crippen LogP contribution in [-0.4, -0.2) is 28.8 Å². The Labute approximate surface area is 116 Å². The molecule has 2 rings (SSSR count). The average molecular weight is 273 g/mol. The summed E-state index contributed by atoms with van der Waals surface area (Å²) in [5.41, 5.74) is 2.28. The molecule has 1 aromatic heterocycles. The normalized spacial score (nSPS) is 10.2. The number of amides is 1. The molecule has 1 heterocycles. The van der Waals surface area contributed by atoms with E-state index in [9.17, 15) is 9.59 Å². The molecule has 20 heavy (non-hydrogen) atoms. The van der Waals surface area contributed by atoms with Gasteiger partial charge < -0.3 is 10.1 Å². The van der Waals surface area contributed by atoms with E-state index in [1.165, 1.54) is 11.8 Å². The maximum atomic E-state index is 12.1. The first-order valence-electron chi connectivity index (χ1n) is 6.01. The van der Waals surface area contributed by atoms with Gasteiger partial charge in [-0.05, 0) is 37.3 Å². The molecule has 6 nitrogen and oxygen atoms in total. The minimum Gasteiger partial charge on any atom is -0.465 e. The maximum Gasteiger partial charge on any atom is 0.337 e. The molecule has 0 aliphatic rings. The summed E-state index contributed by atoms with van der Waals surface area (Å²) >= 11 is 0. The Hall–Kier alpha value is -2.63. The van der Waals surface area contributed by atoms with E-state index in [1.54, 1.807) is 37.4 Å². The molecule has 0 unspecified atom stereocenters. The molecule has 0 fully saturated rings. The number of methoxy groups -OCH3 is 1. The lowest BCUT2D eigenvalue weighted by Crippen LogP contribution is -2.16. The zero-order chi connectivity index (χ0) is 14.7. The number of aryl methyl sites for hydroxylation is 2. The molecule has 0 saturated heterocycles. The highest BCUT2D eigenvalue weighted by Gasteiger charge is 2.12. The average Bonchev–Trinajstić information content (AvgIpc) is 2.78. The van der Waals surface area contributed by atoms with Crippen LogP contribution in [0.4, 0.5) is 5.69 Å². The molecular formula is C14H15N3O3. The number of hydrogen-bond acceptors (Lipinski definition) is 4. The van der Waals surface area contributed by atoms with Gasteiger partial charge >= 0.3 is 5.97 Å². The van der Waals surface area contributed by atoms with Crippen molar-refractivity contribution in [3.05, 3.63) is 47.3 Å². The summed E-state index contributed by atoms with van der Waals surface area (Å²) in [6.07, 6.45) is 0. The SMILES string of the molecule is COC(=O)c1ccc(NC(=O)c2cc(C)nn2C)cc1. The van der Waals surface area contributed by atoms with Gasteiger partial charge in [-0.2, -0.15) is 5.10 Å². The van der Waals surface area contributed by atoms with Gasteiger partial charge in [-0.25, -0.2) is 4.79 Å². The molecule has 0 spiro atoms. The third kappa shape index (κ3) is 2.85. The number of anilines is 1. The summed E-state index contributed by atoms with van der Waals surface area (Å²) in [4.78, 5) is 23.4. The van der Waals surface area contributed by atoms with Crippen molar-refractivity contribution in [1.29, 1.82) is 0 Å². The van der Waals surface area contributed by atoms with Crippen LogP contribution < -0.4 is 5.32 Å². The van der Waals surface area contributed by atoms with Crippen molar-refractivity contribution in [1.82, 2.24) is 9.78 Å². The number of benzene rings is 1. The number of rotatable bonds is 3. The van der Waals surface area contributed by atoms with Crippen LogP contribution in [0.2, 0.25) is 0 Å². The van der Waals surface area contributed by atoms with E-state index in [0.717, 1.165) is 5.69 Å². The Morgan fingerprint density at radius 1 is 1.25 bits per heavy atom. The first kappa shape index (κ1) is 13.8. The van der Waals surface area contributed by atoms with Gasteiger partial charge in [0.15, 0.2) is 0 Å². The molecule has 0 saturated carbocycles. The van der Waals surface area contributed by atoms with Crippen LogP contribution in [-0.2, 0) is 11.8 Å². The number of carbonyl (C=O) groups excluding carboxylic acids is 2. The van der Waals surface area contributed by atoms with Gasteiger partial charge in [0.1, 0.15) is 5.69 Å². The van der Waals surface area contributed by atoms with Crippen LogP contribution in [0.15, 0.2) is 30.3 Å². The standard InChI is InChI=1S/C14H15N3O3/c1-9-8-12(17(2)16-9)13(18)15-11-6-4-10(5-7-11)14(19)20-3/h4-8H,1-3H3,(H,15,18). The molecule has 0 bridgehead atoms. The number of ether oxygens (including phenoxy) is 1. The van der Waals surface area contributed by atoms with Crippen molar-refractivity contribution in [2.24, 2.45) is 7.05 Å². The second-order valence-corrected chi connectivity index (χ2v) is 4.32.